The maximum Gasteiger partial charge on any atom is 0.134 e. The van der Waals surface area contributed by atoms with Gasteiger partial charge in [0.15, 0.2) is 0 Å². The van der Waals surface area contributed by atoms with Crippen LogP contribution in [0.15, 0.2) is 34.8 Å². The molecule has 0 saturated heterocycles. The number of methoxy groups -OCH3 is 1. The van der Waals surface area contributed by atoms with Crippen LogP contribution >= 0.6 is 31.9 Å². The summed E-state index contributed by atoms with van der Waals surface area (Å²) in [5.41, 5.74) is 1.74. The van der Waals surface area contributed by atoms with Gasteiger partial charge in [0.05, 0.1) is 11.9 Å². The molecule has 0 radical (unpaired) electrons. The highest BCUT2D eigenvalue weighted by Crippen LogP contribution is 2.39. The molecule has 106 valence electrons. The highest BCUT2D eigenvalue weighted by Gasteiger charge is 2.23. The summed E-state index contributed by atoms with van der Waals surface area (Å²) in [5, 5.41) is 0. The first-order valence-electron chi connectivity index (χ1n) is 5.87. The van der Waals surface area contributed by atoms with Crippen LogP contribution in [0.2, 0.25) is 0 Å². The smallest absolute Gasteiger partial charge is 0.134 e. The molecule has 0 amide bonds. The molecule has 0 heterocycles. The molecular weight excluding hydrogens is 394 g/mol. The first-order chi connectivity index (χ1) is 9.45. The standard InChI is InChI=1S/C15H12Br2F2O/c1-8-4-3-5-10(14(8)16)15(17)13-11(18)6-9(20-2)7-12(13)19/h3-7,15H,1-2H3. The van der Waals surface area contributed by atoms with E-state index in [-0.39, 0.29) is 11.3 Å². The summed E-state index contributed by atoms with van der Waals surface area (Å²) in [5.74, 6) is -1.12. The quantitative estimate of drug-likeness (QED) is 0.610. The Morgan fingerprint density at radius 2 is 1.75 bits per heavy atom. The second kappa shape index (κ2) is 6.22. The average molecular weight is 406 g/mol. The monoisotopic (exact) mass is 404 g/mol. The van der Waals surface area contributed by atoms with Gasteiger partial charge in [-0.15, -0.1) is 0 Å². The van der Waals surface area contributed by atoms with Crippen LogP contribution in [0, 0.1) is 18.6 Å². The Hall–Kier alpha value is -0.940. The predicted molar refractivity (Wildman–Crippen MR) is 82.6 cm³/mol. The van der Waals surface area contributed by atoms with E-state index in [4.69, 9.17) is 4.74 Å². The molecule has 2 aromatic carbocycles. The third-order valence-electron chi connectivity index (χ3n) is 3.04. The second-order valence-corrected chi connectivity index (χ2v) is 6.05. The average Bonchev–Trinajstić information content (AvgIpc) is 2.40. The molecule has 1 atom stereocenters. The lowest BCUT2D eigenvalue weighted by Crippen LogP contribution is -2.03. The topological polar surface area (TPSA) is 9.23 Å². The Labute approximate surface area is 133 Å². The van der Waals surface area contributed by atoms with E-state index < -0.39 is 16.5 Å². The highest BCUT2D eigenvalue weighted by molar-refractivity contribution is 9.11. The summed E-state index contributed by atoms with van der Waals surface area (Å²) in [6.07, 6.45) is 0. The van der Waals surface area contributed by atoms with Crippen molar-refractivity contribution in [2.24, 2.45) is 0 Å². The van der Waals surface area contributed by atoms with E-state index in [2.05, 4.69) is 31.9 Å². The fraction of sp³-hybridized carbons (Fsp3) is 0.200. The van der Waals surface area contributed by atoms with Gasteiger partial charge in [-0.2, -0.15) is 0 Å². The molecule has 20 heavy (non-hydrogen) atoms. The third-order valence-corrected chi connectivity index (χ3v) is 5.07. The van der Waals surface area contributed by atoms with Crippen LogP contribution in [-0.2, 0) is 0 Å². The number of aryl methyl sites for hydroxylation is 1. The Morgan fingerprint density at radius 1 is 1.15 bits per heavy atom. The molecule has 0 N–H and O–H groups in total. The SMILES string of the molecule is COc1cc(F)c(C(Br)c2cccc(C)c2Br)c(F)c1. The van der Waals surface area contributed by atoms with Crippen molar-refractivity contribution in [1.29, 1.82) is 0 Å². The minimum Gasteiger partial charge on any atom is -0.497 e. The van der Waals surface area contributed by atoms with Crippen LogP contribution in [0.3, 0.4) is 0 Å². The van der Waals surface area contributed by atoms with Gasteiger partial charge in [0, 0.05) is 22.2 Å². The fourth-order valence-electron chi connectivity index (χ4n) is 1.94. The molecule has 0 bridgehead atoms. The molecule has 0 fully saturated rings. The Balaban J connectivity index is 2.54. The first-order valence-corrected chi connectivity index (χ1v) is 7.58. The zero-order valence-electron chi connectivity index (χ0n) is 10.9. The van der Waals surface area contributed by atoms with Gasteiger partial charge in [-0.05, 0) is 18.1 Å². The number of hydrogen-bond donors (Lipinski definition) is 0. The summed E-state index contributed by atoms with van der Waals surface area (Å²) in [6.45, 7) is 1.92. The maximum absolute atomic E-state index is 14.1. The maximum atomic E-state index is 14.1. The van der Waals surface area contributed by atoms with Crippen LogP contribution in [0.4, 0.5) is 8.78 Å². The van der Waals surface area contributed by atoms with Crippen LogP contribution in [0.5, 0.6) is 5.75 Å². The number of ether oxygens (including phenoxy) is 1. The number of halogens is 4. The van der Waals surface area contributed by atoms with E-state index in [1.165, 1.54) is 19.2 Å². The number of hydrogen-bond acceptors (Lipinski definition) is 1. The molecular formula is C15H12Br2F2O. The Kier molecular flexibility index (Phi) is 4.81. The van der Waals surface area contributed by atoms with Crippen molar-refractivity contribution >= 4 is 31.9 Å². The van der Waals surface area contributed by atoms with Crippen LogP contribution in [0.1, 0.15) is 21.5 Å². The van der Waals surface area contributed by atoms with Gasteiger partial charge in [0.1, 0.15) is 17.4 Å². The summed E-state index contributed by atoms with van der Waals surface area (Å²) in [4.78, 5) is -0.581. The van der Waals surface area contributed by atoms with Crippen molar-refractivity contribution < 1.29 is 13.5 Å². The predicted octanol–water partition coefficient (Wildman–Crippen LogP) is 5.53. The van der Waals surface area contributed by atoms with Gasteiger partial charge < -0.3 is 4.74 Å². The molecule has 0 aliphatic carbocycles. The minimum absolute atomic E-state index is 0.0305. The zero-order chi connectivity index (χ0) is 14.9. The van der Waals surface area contributed by atoms with Crippen molar-refractivity contribution in [1.82, 2.24) is 0 Å². The molecule has 0 saturated carbocycles. The summed E-state index contributed by atoms with van der Waals surface area (Å²) in [7, 11) is 1.37. The van der Waals surface area contributed by atoms with Crippen LogP contribution in [0.25, 0.3) is 0 Å². The molecule has 0 aliphatic heterocycles. The Bertz CT molecular complexity index is 621. The summed E-state index contributed by atoms with van der Waals surface area (Å²) in [6, 6.07) is 7.95. The molecule has 0 spiro atoms. The van der Waals surface area contributed by atoms with Gasteiger partial charge in [0.25, 0.3) is 0 Å². The van der Waals surface area contributed by atoms with Crippen molar-refractivity contribution in [3.8, 4) is 5.75 Å². The lowest BCUT2D eigenvalue weighted by molar-refractivity contribution is 0.405. The third kappa shape index (κ3) is 2.88. The summed E-state index contributed by atoms with van der Waals surface area (Å²) < 4.78 is 33.9. The molecule has 2 aromatic rings. The number of rotatable bonds is 3. The fourth-order valence-corrected chi connectivity index (χ4v) is 3.56. The normalized spacial score (nSPS) is 12.3. The minimum atomic E-state index is -0.642. The van der Waals surface area contributed by atoms with Crippen molar-refractivity contribution in [2.45, 2.75) is 11.8 Å². The van der Waals surface area contributed by atoms with Gasteiger partial charge >= 0.3 is 0 Å². The number of benzene rings is 2. The van der Waals surface area contributed by atoms with E-state index in [0.29, 0.717) is 0 Å². The Morgan fingerprint density at radius 3 is 2.30 bits per heavy atom. The largest absolute Gasteiger partial charge is 0.497 e. The molecule has 5 heteroatoms. The zero-order valence-corrected chi connectivity index (χ0v) is 14.1. The van der Waals surface area contributed by atoms with Crippen LogP contribution in [-0.4, -0.2) is 7.11 Å². The van der Waals surface area contributed by atoms with Gasteiger partial charge in [-0.25, -0.2) is 8.78 Å². The summed E-state index contributed by atoms with van der Waals surface area (Å²) >= 11 is 6.83. The highest BCUT2D eigenvalue weighted by atomic mass is 79.9. The molecule has 0 aromatic heterocycles. The van der Waals surface area contributed by atoms with Crippen molar-refractivity contribution in [3.05, 3.63) is 63.1 Å². The van der Waals surface area contributed by atoms with E-state index in [9.17, 15) is 8.78 Å². The van der Waals surface area contributed by atoms with Crippen LogP contribution < -0.4 is 4.74 Å². The second-order valence-electron chi connectivity index (χ2n) is 4.35. The van der Waals surface area contributed by atoms with Crippen molar-refractivity contribution in [2.75, 3.05) is 7.11 Å². The molecule has 1 nitrogen and oxygen atoms in total. The molecule has 0 aliphatic rings. The first kappa shape index (κ1) is 15.4. The van der Waals surface area contributed by atoms with E-state index in [0.717, 1.165) is 15.6 Å². The molecule has 2 rings (SSSR count). The lowest BCUT2D eigenvalue weighted by Gasteiger charge is -2.16. The lowest BCUT2D eigenvalue weighted by atomic mass is 10.0. The van der Waals surface area contributed by atoms with E-state index in [1.54, 1.807) is 0 Å². The van der Waals surface area contributed by atoms with E-state index >= 15 is 0 Å². The van der Waals surface area contributed by atoms with Gasteiger partial charge in [0.2, 0.25) is 0 Å². The van der Waals surface area contributed by atoms with Gasteiger partial charge in [-0.1, -0.05) is 50.1 Å². The number of alkyl halides is 1. The van der Waals surface area contributed by atoms with Gasteiger partial charge in [-0.3, -0.25) is 0 Å². The van der Waals surface area contributed by atoms with E-state index in [1.807, 2.05) is 25.1 Å². The molecule has 1 unspecified atom stereocenters. The van der Waals surface area contributed by atoms with Crippen molar-refractivity contribution in [3.63, 3.8) is 0 Å².